The Morgan fingerprint density at radius 3 is 2.79 bits per heavy atom. The van der Waals surface area contributed by atoms with Crippen molar-refractivity contribution in [2.75, 3.05) is 26.3 Å². The summed E-state index contributed by atoms with van der Waals surface area (Å²) in [6.07, 6.45) is -2.42. The maximum atomic E-state index is 12.7. The lowest BCUT2D eigenvalue weighted by Crippen LogP contribution is -2.39. The molecule has 2 aliphatic heterocycles. The number of aryl methyl sites for hydroxylation is 1. The molecule has 0 aliphatic carbocycles. The molecule has 2 fully saturated rings. The average molecular weight is 342 g/mol. The van der Waals surface area contributed by atoms with E-state index in [1.807, 2.05) is 0 Å². The minimum absolute atomic E-state index is 0.0988. The van der Waals surface area contributed by atoms with Gasteiger partial charge < -0.3 is 15.0 Å². The molecule has 0 radical (unpaired) electrons. The normalized spacial score (nSPS) is 23.9. The molecule has 4 nitrogen and oxygen atoms in total. The summed E-state index contributed by atoms with van der Waals surface area (Å²) >= 11 is 0. The first-order chi connectivity index (χ1) is 11.3. The van der Waals surface area contributed by atoms with Crippen molar-refractivity contribution in [2.45, 2.75) is 32.5 Å². The molecular weight excluding hydrogens is 321 g/mol. The first kappa shape index (κ1) is 17.1. The summed E-state index contributed by atoms with van der Waals surface area (Å²) in [5.74, 6) is 0. The minimum atomic E-state index is -4.35. The molecule has 3 rings (SSSR count). The van der Waals surface area contributed by atoms with Crippen LogP contribution in [0.5, 0.6) is 0 Å². The van der Waals surface area contributed by atoms with Gasteiger partial charge in [0.05, 0.1) is 12.2 Å². The van der Waals surface area contributed by atoms with Gasteiger partial charge in [0, 0.05) is 31.7 Å². The molecule has 1 aromatic carbocycles. The number of carbonyl (C=O) groups excluding carboxylic acids is 1. The zero-order valence-electron chi connectivity index (χ0n) is 13.6. The van der Waals surface area contributed by atoms with Crippen molar-refractivity contribution < 1.29 is 22.7 Å². The molecule has 2 aliphatic rings. The van der Waals surface area contributed by atoms with Crippen LogP contribution in [-0.2, 0) is 17.5 Å². The van der Waals surface area contributed by atoms with Gasteiger partial charge in [-0.15, -0.1) is 0 Å². The molecule has 1 unspecified atom stereocenters. The number of hydrogen-bond donors (Lipinski definition) is 1. The van der Waals surface area contributed by atoms with Crippen LogP contribution < -0.4 is 5.32 Å². The number of rotatable bonds is 2. The molecule has 0 aromatic heterocycles. The van der Waals surface area contributed by atoms with Crippen molar-refractivity contribution in [2.24, 2.45) is 5.41 Å². The highest BCUT2D eigenvalue weighted by Gasteiger charge is 2.42. The van der Waals surface area contributed by atoms with Gasteiger partial charge in [-0.05, 0) is 43.0 Å². The maximum Gasteiger partial charge on any atom is 0.416 e. The topological polar surface area (TPSA) is 41.6 Å². The molecule has 1 atom stereocenters. The highest BCUT2D eigenvalue weighted by atomic mass is 19.4. The van der Waals surface area contributed by atoms with Crippen LogP contribution in [0.15, 0.2) is 18.2 Å². The first-order valence-electron chi connectivity index (χ1n) is 8.06. The van der Waals surface area contributed by atoms with Gasteiger partial charge in [0.15, 0.2) is 0 Å². The highest BCUT2D eigenvalue weighted by Crippen LogP contribution is 2.38. The number of amides is 2. The van der Waals surface area contributed by atoms with Gasteiger partial charge in [-0.3, -0.25) is 0 Å². The summed E-state index contributed by atoms with van der Waals surface area (Å²) in [6.45, 7) is 4.68. The lowest BCUT2D eigenvalue weighted by atomic mass is 9.87. The molecule has 0 saturated carbocycles. The average Bonchev–Trinajstić information content (AvgIpc) is 3.15. The van der Waals surface area contributed by atoms with E-state index in [-0.39, 0.29) is 18.0 Å². The van der Waals surface area contributed by atoms with Gasteiger partial charge in [0.1, 0.15) is 0 Å². The van der Waals surface area contributed by atoms with E-state index in [1.165, 1.54) is 6.07 Å². The fourth-order valence-corrected chi connectivity index (χ4v) is 3.43. The zero-order valence-corrected chi connectivity index (χ0v) is 13.6. The van der Waals surface area contributed by atoms with Crippen LogP contribution in [0.1, 0.15) is 29.5 Å². The second-order valence-corrected chi connectivity index (χ2v) is 6.77. The van der Waals surface area contributed by atoms with E-state index in [0.29, 0.717) is 30.8 Å². The van der Waals surface area contributed by atoms with Gasteiger partial charge in [0.2, 0.25) is 0 Å². The van der Waals surface area contributed by atoms with Gasteiger partial charge >= 0.3 is 12.2 Å². The van der Waals surface area contributed by atoms with Crippen molar-refractivity contribution in [1.29, 1.82) is 0 Å². The number of urea groups is 1. The SMILES string of the molecule is Cc1cc(C(F)(F)F)ccc1CNC(=O)N1CCC2(CCOC2)C1. The highest BCUT2D eigenvalue weighted by molar-refractivity contribution is 5.74. The van der Waals surface area contributed by atoms with E-state index in [0.717, 1.165) is 31.6 Å². The molecule has 0 bridgehead atoms. The number of ether oxygens (including phenoxy) is 1. The molecule has 24 heavy (non-hydrogen) atoms. The smallest absolute Gasteiger partial charge is 0.381 e. The van der Waals surface area contributed by atoms with Crippen LogP contribution in [0, 0.1) is 12.3 Å². The summed E-state index contributed by atoms with van der Waals surface area (Å²) in [4.78, 5) is 14.1. The van der Waals surface area contributed by atoms with Crippen molar-refractivity contribution in [3.05, 3.63) is 34.9 Å². The summed E-state index contributed by atoms with van der Waals surface area (Å²) in [5, 5.41) is 2.81. The van der Waals surface area contributed by atoms with Crippen molar-refractivity contribution in [3.8, 4) is 0 Å². The molecule has 2 amide bonds. The monoisotopic (exact) mass is 342 g/mol. The molecule has 132 valence electrons. The van der Waals surface area contributed by atoms with Crippen molar-refractivity contribution in [3.63, 3.8) is 0 Å². The number of nitrogens with zero attached hydrogens (tertiary/aromatic N) is 1. The number of likely N-dealkylation sites (tertiary alicyclic amines) is 1. The molecule has 1 N–H and O–H groups in total. The van der Waals surface area contributed by atoms with E-state index < -0.39 is 11.7 Å². The Morgan fingerprint density at radius 1 is 1.38 bits per heavy atom. The number of benzene rings is 1. The fourth-order valence-electron chi connectivity index (χ4n) is 3.43. The molecular formula is C17H21F3N2O2. The fraction of sp³-hybridized carbons (Fsp3) is 0.588. The lowest BCUT2D eigenvalue weighted by molar-refractivity contribution is -0.137. The van der Waals surface area contributed by atoms with E-state index in [2.05, 4.69) is 5.32 Å². The number of hydrogen-bond acceptors (Lipinski definition) is 2. The van der Waals surface area contributed by atoms with Crippen molar-refractivity contribution >= 4 is 6.03 Å². The number of carbonyl (C=O) groups is 1. The van der Waals surface area contributed by atoms with E-state index in [1.54, 1.807) is 11.8 Å². The Balaban J connectivity index is 1.57. The maximum absolute atomic E-state index is 12.7. The van der Waals surface area contributed by atoms with E-state index in [9.17, 15) is 18.0 Å². The van der Waals surface area contributed by atoms with Crippen LogP contribution >= 0.6 is 0 Å². The Labute approximate surface area is 139 Å². The minimum Gasteiger partial charge on any atom is -0.381 e. The zero-order chi connectivity index (χ0) is 17.4. The predicted molar refractivity (Wildman–Crippen MR) is 82.5 cm³/mol. The van der Waals surface area contributed by atoms with Crippen LogP contribution in [0.3, 0.4) is 0 Å². The second kappa shape index (κ2) is 6.27. The van der Waals surface area contributed by atoms with Gasteiger partial charge in [0.25, 0.3) is 0 Å². The third-order valence-corrected chi connectivity index (χ3v) is 5.01. The number of alkyl halides is 3. The van der Waals surface area contributed by atoms with Crippen LogP contribution in [0.2, 0.25) is 0 Å². The third kappa shape index (κ3) is 3.50. The molecule has 7 heteroatoms. The lowest BCUT2D eigenvalue weighted by Gasteiger charge is -2.22. The third-order valence-electron chi connectivity index (χ3n) is 5.01. The first-order valence-corrected chi connectivity index (χ1v) is 8.06. The van der Waals surface area contributed by atoms with Crippen LogP contribution in [0.4, 0.5) is 18.0 Å². The summed E-state index contributed by atoms with van der Waals surface area (Å²) in [7, 11) is 0. The Hall–Kier alpha value is -1.76. The molecule has 1 spiro atoms. The largest absolute Gasteiger partial charge is 0.416 e. The molecule has 2 heterocycles. The van der Waals surface area contributed by atoms with Gasteiger partial charge in [-0.2, -0.15) is 13.2 Å². The number of halogens is 3. The predicted octanol–water partition coefficient (Wildman–Crippen LogP) is 3.34. The Morgan fingerprint density at radius 2 is 2.17 bits per heavy atom. The van der Waals surface area contributed by atoms with Gasteiger partial charge in [-0.1, -0.05) is 6.07 Å². The van der Waals surface area contributed by atoms with Crippen LogP contribution in [-0.4, -0.2) is 37.2 Å². The Bertz CT molecular complexity index is 625. The van der Waals surface area contributed by atoms with Crippen LogP contribution in [0.25, 0.3) is 0 Å². The van der Waals surface area contributed by atoms with E-state index >= 15 is 0 Å². The molecule has 2 saturated heterocycles. The number of nitrogens with one attached hydrogen (secondary N) is 1. The van der Waals surface area contributed by atoms with Crippen molar-refractivity contribution in [1.82, 2.24) is 10.2 Å². The quantitative estimate of drug-likeness (QED) is 0.896. The Kier molecular flexibility index (Phi) is 4.46. The van der Waals surface area contributed by atoms with E-state index in [4.69, 9.17) is 4.74 Å². The molecule has 1 aromatic rings. The summed E-state index contributed by atoms with van der Waals surface area (Å²) in [6, 6.07) is 3.42. The standard InChI is InChI=1S/C17H21F3N2O2/c1-12-8-14(17(18,19)20)3-2-13(12)9-21-15(23)22-6-4-16(10-22)5-7-24-11-16/h2-3,8H,4-7,9-11H2,1H3,(H,21,23). The summed E-state index contributed by atoms with van der Waals surface area (Å²) in [5.41, 5.74) is 0.640. The second-order valence-electron chi connectivity index (χ2n) is 6.77. The van der Waals surface area contributed by atoms with Gasteiger partial charge in [-0.25, -0.2) is 4.79 Å². The summed E-state index contributed by atoms with van der Waals surface area (Å²) < 4.78 is 43.5.